The molecule has 0 fully saturated rings. The minimum Gasteiger partial charge on any atom is -0.385 e. The Balaban J connectivity index is 2.37. The van der Waals surface area contributed by atoms with Crippen molar-refractivity contribution in [3.63, 3.8) is 0 Å². The smallest absolute Gasteiger partial charge is 0.0393 e. The number of aryl methyl sites for hydroxylation is 1. The van der Waals surface area contributed by atoms with Gasteiger partial charge in [0, 0.05) is 24.1 Å². The van der Waals surface area contributed by atoms with Crippen molar-refractivity contribution in [3.05, 3.63) is 24.0 Å². The van der Waals surface area contributed by atoms with Gasteiger partial charge in [0.05, 0.1) is 0 Å². The van der Waals surface area contributed by atoms with E-state index in [-0.39, 0.29) is 0 Å². The summed E-state index contributed by atoms with van der Waals surface area (Å²) in [6, 6.07) is 4.09. The lowest BCUT2D eigenvalue weighted by molar-refractivity contribution is 0.701. The number of pyridine rings is 1. The summed E-state index contributed by atoms with van der Waals surface area (Å²) in [7, 11) is 0. The first-order valence-electron chi connectivity index (χ1n) is 4.88. The Morgan fingerprint density at radius 2 is 2.36 bits per heavy atom. The highest BCUT2D eigenvalue weighted by Gasteiger charge is 2.00. The molecule has 1 atom stereocenters. The van der Waals surface area contributed by atoms with Gasteiger partial charge in [0.25, 0.3) is 0 Å². The van der Waals surface area contributed by atoms with E-state index in [1.165, 1.54) is 11.4 Å². The summed E-state index contributed by atoms with van der Waals surface area (Å²) in [5.74, 6) is 1.91. The van der Waals surface area contributed by atoms with Gasteiger partial charge in [0.15, 0.2) is 0 Å². The van der Waals surface area contributed by atoms with Crippen LogP contribution in [-0.4, -0.2) is 23.5 Å². The maximum absolute atomic E-state index is 4.16. The van der Waals surface area contributed by atoms with Gasteiger partial charge in [-0.1, -0.05) is 6.92 Å². The molecule has 3 heteroatoms. The third kappa shape index (κ3) is 4.01. The molecular formula is C11H18N2S. The Labute approximate surface area is 90.5 Å². The SMILES string of the molecule is CSCC(C)CNc1ccnc(C)c1. The zero-order chi connectivity index (χ0) is 10.4. The lowest BCUT2D eigenvalue weighted by Crippen LogP contribution is -2.13. The maximum atomic E-state index is 4.16. The molecule has 0 aliphatic carbocycles. The molecule has 0 aliphatic rings. The van der Waals surface area contributed by atoms with Crippen molar-refractivity contribution in [2.45, 2.75) is 13.8 Å². The Bertz CT molecular complexity index is 276. The zero-order valence-electron chi connectivity index (χ0n) is 9.08. The molecule has 0 aliphatic heterocycles. The van der Waals surface area contributed by atoms with Crippen LogP contribution in [0.5, 0.6) is 0 Å². The van der Waals surface area contributed by atoms with Crippen LogP contribution < -0.4 is 5.32 Å². The molecule has 78 valence electrons. The second-order valence-corrected chi connectivity index (χ2v) is 4.54. The topological polar surface area (TPSA) is 24.9 Å². The fraction of sp³-hybridized carbons (Fsp3) is 0.545. The van der Waals surface area contributed by atoms with Crippen LogP contribution in [0, 0.1) is 12.8 Å². The van der Waals surface area contributed by atoms with Crippen LogP contribution in [0.2, 0.25) is 0 Å². The first-order chi connectivity index (χ1) is 6.72. The number of hydrogen-bond donors (Lipinski definition) is 1. The van der Waals surface area contributed by atoms with E-state index in [1.807, 2.05) is 30.9 Å². The quantitative estimate of drug-likeness (QED) is 0.809. The van der Waals surface area contributed by atoms with Gasteiger partial charge in [-0.2, -0.15) is 11.8 Å². The summed E-state index contributed by atoms with van der Waals surface area (Å²) >= 11 is 1.90. The van der Waals surface area contributed by atoms with Gasteiger partial charge in [-0.15, -0.1) is 0 Å². The molecule has 0 spiro atoms. The van der Waals surface area contributed by atoms with Gasteiger partial charge >= 0.3 is 0 Å². The van der Waals surface area contributed by atoms with Gasteiger partial charge in [0.1, 0.15) is 0 Å². The first-order valence-corrected chi connectivity index (χ1v) is 6.27. The molecule has 2 nitrogen and oxygen atoms in total. The highest BCUT2D eigenvalue weighted by Crippen LogP contribution is 2.09. The summed E-state index contributed by atoms with van der Waals surface area (Å²) < 4.78 is 0. The van der Waals surface area contributed by atoms with Crippen LogP contribution in [0.4, 0.5) is 5.69 Å². The number of aromatic nitrogens is 1. The molecule has 0 radical (unpaired) electrons. The molecule has 14 heavy (non-hydrogen) atoms. The van der Waals surface area contributed by atoms with Crippen LogP contribution >= 0.6 is 11.8 Å². The molecule has 0 bridgehead atoms. The van der Waals surface area contributed by atoms with Crippen molar-refractivity contribution in [2.75, 3.05) is 23.9 Å². The summed E-state index contributed by atoms with van der Waals surface area (Å²) in [5.41, 5.74) is 2.23. The van der Waals surface area contributed by atoms with Crippen molar-refractivity contribution in [1.82, 2.24) is 4.98 Å². The fourth-order valence-electron chi connectivity index (χ4n) is 1.29. The monoisotopic (exact) mass is 210 g/mol. The molecule has 0 saturated carbocycles. The van der Waals surface area contributed by atoms with E-state index in [2.05, 4.69) is 29.5 Å². The van der Waals surface area contributed by atoms with Gasteiger partial charge < -0.3 is 5.32 Å². The van der Waals surface area contributed by atoms with Crippen LogP contribution in [0.3, 0.4) is 0 Å². The summed E-state index contributed by atoms with van der Waals surface area (Å²) in [6.45, 7) is 5.30. The molecule has 0 amide bonds. The van der Waals surface area contributed by atoms with E-state index in [9.17, 15) is 0 Å². The fourth-order valence-corrected chi connectivity index (χ4v) is 1.98. The molecule has 1 aromatic rings. The number of nitrogens with zero attached hydrogens (tertiary/aromatic N) is 1. The molecule has 0 aromatic carbocycles. The van der Waals surface area contributed by atoms with Gasteiger partial charge in [-0.3, -0.25) is 4.98 Å². The first kappa shape index (κ1) is 11.4. The van der Waals surface area contributed by atoms with E-state index in [0.29, 0.717) is 5.92 Å². The van der Waals surface area contributed by atoms with E-state index in [1.54, 1.807) is 0 Å². The normalized spacial score (nSPS) is 12.5. The predicted molar refractivity (Wildman–Crippen MR) is 65.0 cm³/mol. The number of rotatable bonds is 5. The Hall–Kier alpha value is -0.700. The Morgan fingerprint density at radius 3 is 3.00 bits per heavy atom. The largest absolute Gasteiger partial charge is 0.385 e. The average Bonchev–Trinajstić information content (AvgIpc) is 2.15. The van der Waals surface area contributed by atoms with Crippen LogP contribution in [0.15, 0.2) is 18.3 Å². The molecule has 1 heterocycles. The summed E-state index contributed by atoms with van der Waals surface area (Å²) in [5, 5.41) is 3.42. The number of nitrogens with one attached hydrogen (secondary N) is 1. The third-order valence-electron chi connectivity index (χ3n) is 2.00. The van der Waals surface area contributed by atoms with E-state index in [0.717, 1.165) is 12.2 Å². The molecule has 1 unspecified atom stereocenters. The predicted octanol–water partition coefficient (Wildman–Crippen LogP) is 2.80. The highest BCUT2D eigenvalue weighted by atomic mass is 32.2. The molecule has 1 aromatic heterocycles. The lowest BCUT2D eigenvalue weighted by Gasteiger charge is -2.12. The second kappa shape index (κ2) is 5.91. The minimum atomic E-state index is 0.707. The minimum absolute atomic E-state index is 0.707. The highest BCUT2D eigenvalue weighted by molar-refractivity contribution is 7.98. The Morgan fingerprint density at radius 1 is 1.57 bits per heavy atom. The number of hydrogen-bond acceptors (Lipinski definition) is 3. The van der Waals surface area contributed by atoms with Crippen molar-refractivity contribution in [1.29, 1.82) is 0 Å². The summed E-state index contributed by atoms with van der Waals surface area (Å²) in [6.07, 6.45) is 3.99. The van der Waals surface area contributed by atoms with E-state index < -0.39 is 0 Å². The van der Waals surface area contributed by atoms with Crippen LogP contribution in [0.1, 0.15) is 12.6 Å². The number of anilines is 1. The summed E-state index contributed by atoms with van der Waals surface area (Å²) in [4.78, 5) is 4.16. The molecule has 0 saturated heterocycles. The lowest BCUT2D eigenvalue weighted by atomic mass is 10.2. The van der Waals surface area contributed by atoms with E-state index >= 15 is 0 Å². The van der Waals surface area contributed by atoms with Gasteiger partial charge in [0.2, 0.25) is 0 Å². The third-order valence-corrected chi connectivity index (χ3v) is 2.90. The van der Waals surface area contributed by atoms with Crippen LogP contribution in [-0.2, 0) is 0 Å². The van der Waals surface area contributed by atoms with Gasteiger partial charge in [-0.05, 0) is 37.0 Å². The van der Waals surface area contributed by atoms with Gasteiger partial charge in [-0.25, -0.2) is 0 Å². The molecule has 1 rings (SSSR count). The average molecular weight is 210 g/mol. The molecular weight excluding hydrogens is 192 g/mol. The maximum Gasteiger partial charge on any atom is 0.0393 e. The number of thioether (sulfide) groups is 1. The van der Waals surface area contributed by atoms with Crippen molar-refractivity contribution < 1.29 is 0 Å². The zero-order valence-corrected chi connectivity index (χ0v) is 9.90. The van der Waals surface area contributed by atoms with Crippen molar-refractivity contribution in [3.8, 4) is 0 Å². The van der Waals surface area contributed by atoms with Crippen molar-refractivity contribution >= 4 is 17.4 Å². The molecule has 1 N–H and O–H groups in total. The second-order valence-electron chi connectivity index (χ2n) is 3.63. The van der Waals surface area contributed by atoms with Crippen molar-refractivity contribution in [2.24, 2.45) is 5.92 Å². The Kier molecular flexibility index (Phi) is 4.80. The van der Waals surface area contributed by atoms with Crippen LogP contribution in [0.25, 0.3) is 0 Å². The van der Waals surface area contributed by atoms with E-state index in [4.69, 9.17) is 0 Å². The standard InChI is InChI=1S/C11H18N2S/c1-9(8-14-3)7-13-11-4-5-12-10(2)6-11/h4-6,9H,7-8H2,1-3H3,(H,12,13).